The average molecular weight is 297 g/mol. The molecule has 0 saturated carbocycles. The maximum Gasteiger partial charge on any atom is 0.220 e. The largest absolute Gasteiger partial charge is 0.360 e. The molecule has 0 aromatic carbocycles. The van der Waals surface area contributed by atoms with Gasteiger partial charge in [0.1, 0.15) is 5.76 Å². The van der Waals surface area contributed by atoms with E-state index in [2.05, 4.69) is 15.6 Å². The van der Waals surface area contributed by atoms with Crippen LogP contribution in [-0.4, -0.2) is 27.4 Å². The molecule has 0 bridgehead atoms. The predicted molar refractivity (Wildman–Crippen MR) is 74.5 cm³/mol. The fourth-order valence-electron chi connectivity index (χ4n) is 1.76. The number of carbonyl (C=O) groups is 1. The molecule has 6 nitrogen and oxygen atoms in total. The number of amides is 1. The number of nitrogens with zero attached hydrogens (tertiary/aromatic N) is 3. The van der Waals surface area contributed by atoms with Crippen molar-refractivity contribution in [2.45, 2.75) is 32.7 Å². The van der Waals surface area contributed by atoms with Crippen molar-refractivity contribution in [1.29, 1.82) is 0 Å². The fraction of sp³-hybridized carbons (Fsp3) is 0.462. The van der Waals surface area contributed by atoms with Gasteiger partial charge in [-0.15, -0.1) is 0 Å². The predicted octanol–water partition coefficient (Wildman–Crippen LogP) is 2.14. The Hall–Kier alpha value is -1.82. The number of carbonyl (C=O) groups excluding carboxylic acids is 1. The Labute approximate surface area is 122 Å². The minimum Gasteiger partial charge on any atom is -0.360 e. The molecule has 7 heteroatoms. The van der Waals surface area contributed by atoms with Crippen LogP contribution < -0.4 is 5.32 Å². The van der Waals surface area contributed by atoms with Crippen LogP contribution in [0.5, 0.6) is 0 Å². The van der Waals surface area contributed by atoms with E-state index >= 15 is 0 Å². The van der Waals surface area contributed by atoms with Gasteiger partial charge in [0.15, 0.2) is 5.15 Å². The Morgan fingerprint density at radius 2 is 2.40 bits per heavy atom. The lowest BCUT2D eigenvalue weighted by Gasteiger charge is -2.13. The van der Waals surface area contributed by atoms with Crippen LogP contribution in [0.4, 0.5) is 0 Å². The Balaban J connectivity index is 1.72. The highest BCUT2D eigenvalue weighted by Crippen LogP contribution is 2.10. The lowest BCUT2D eigenvalue weighted by atomic mass is 10.2. The van der Waals surface area contributed by atoms with Crippen molar-refractivity contribution in [3.05, 3.63) is 34.9 Å². The van der Waals surface area contributed by atoms with Crippen molar-refractivity contribution in [1.82, 2.24) is 20.3 Å². The first-order valence-corrected chi connectivity index (χ1v) is 6.81. The molecule has 20 heavy (non-hydrogen) atoms. The van der Waals surface area contributed by atoms with E-state index in [1.165, 1.54) is 0 Å². The normalized spacial score (nSPS) is 12.3. The molecular formula is C13H17ClN4O2. The summed E-state index contributed by atoms with van der Waals surface area (Å²) in [5, 5.41) is 11.0. The van der Waals surface area contributed by atoms with E-state index in [0.29, 0.717) is 30.3 Å². The quantitative estimate of drug-likeness (QED) is 0.886. The van der Waals surface area contributed by atoms with E-state index in [9.17, 15) is 4.79 Å². The third kappa shape index (κ3) is 4.09. The molecule has 2 aromatic rings. The SMILES string of the molecule is Cc1cnn(C(C)CNC(=O)CCc2cc(Cl)no2)c1. The number of aromatic nitrogens is 3. The zero-order valence-corrected chi connectivity index (χ0v) is 12.2. The average Bonchev–Trinajstić information content (AvgIpc) is 3.02. The second-order valence-electron chi connectivity index (χ2n) is 4.77. The van der Waals surface area contributed by atoms with Crippen molar-refractivity contribution >= 4 is 17.5 Å². The number of rotatable bonds is 6. The van der Waals surface area contributed by atoms with Crippen LogP contribution in [0.25, 0.3) is 0 Å². The van der Waals surface area contributed by atoms with Gasteiger partial charge >= 0.3 is 0 Å². The molecule has 108 valence electrons. The summed E-state index contributed by atoms with van der Waals surface area (Å²) in [4.78, 5) is 11.7. The molecule has 2 heterocycles. The summed E-state index contributed by atoms with van der Waals surface area (Å²) in [6.07, 6.45) is 4.58. The molecule has 1 atom stereocenters. The second kappa shape index (κ2) is 6.56. The highest BCUT2D eigenvalue weighted by atomic mass is 35.5. The summed E-state index contributed by atoms with van der Waals surface area (Å²) < 4.78 is 6.78. The van der Waals surface area contributed by atoms with Crippen molar-refractivity contribution in [3.8, 4) is 0 Å². The molecule has 0 spiro atoms. The lowest BCUT2D eigenvalue weighted by Crippen LogP contribution is -2.29. The molecule has 0 aliphatic carbocycles. The van der Waals surface area contributed by atoms with Gasteiger partial charge in [-0.2, -0.15) is 5.10 Å². The molecule has 1 unspecified atom stereocenters. The molecular weight excluding hydrogens is 280 g/mol. The van der Waals surface area contributed by atoms with Crippen LogP contribution in [0.2, 0.25) is 5.15 Å². The van der Waals surface area contributed by atoms with Crippen LogP contribution in [0.1, 0.15) is 30.7 Å². The van der Waals surface area contributed by atoms with E-state index in [1.54, 1.807) is 12.3 Å². The Bertz CT molecular complexity index is 578. The van der Waals surface area contributed by atoms with Gasteiger partial charge in [-0.3, -0.25) is 9.48 Å². The minimum absolute atomic E-state index is 0.0340. The van der Waals surface area contributed by atoms with E-state index in [-0.39, 0.29) is 11.9 Å². The van der Waals surface area contributed by atoms with Gasteiger partial charge in [-0.05, 0) is 19.4 Å². The molecule has 0 radical (unpaired) electrons. The van der Waals surface area contributed by atoms with Crippen LogP contribution in [0.3, 0.4) is 0 Å². The molecule has 2 rings (SSSR count). The van der Waals surface area contributed by atoms with Gasteiger partial charge in [-0.1, -0.05) is 16.8 Å². The molecule has 0 aliphatic heterocycles. The summed E-state index contributed by atoms with van der Waals surface area (Å²) in [5.74, 6) is 0.578. The molecule has 0 aliphatic rings. The third-order valence-electron chi connectivity index (χ3n) is 2.91. The number of nitrogens with one attached hydrogen (secondary N) is 1. The van der Waals surface area contributed by atoms with Crippen molar-refractivity contribution < 1.29 is 9.32 Å². The Kier molecular flexibility index (Phi) is 4.79. The van der Waals surface area contributed by atoms with Gasteiger partial charge in [0.05, 0.1) is 12.2 Å². The van der Waals surface area contributed by atoms with Gasteiger partial charge in [-0.25, -0.2) is 0 Å². The summed E-state index contributed by atoms with van der Waals surface area (Å²) >= 11 is 5.63. The van der Waals surface area contributed by atoms with Crippen molar-refractivity contribution in [2.75, 3.05) is 6.54 Å². The maximum atomic E-state index is 11.7. The highest BCUT2D eigenvalue weighted by Gasteiger charge is 2.09. The number of aryl methyl sites for hydroxylation is 2. The first-order valence-electron chi connectivity index (χ1n) is 6.43. The number of hydrogen-bond acceptors (Lipinski definition) is 4. The summed E-state index contributed by atoms with van der Waals surface area (Å²) in [6, 6.07) is 1.73. The van der Waals surface area contributed by atoms with Crippen LogP contribution >= 0.6 is 11.6 Å². The first kappa shape index (κ1) is 14.6. The molecule has 0 saturated heterocycles. The standard InChI is InChI=1S/C13H17ClN4O2/c1-9-6-16-18(8-9)10(2)7-15-13(19)4-3-11-5-12(14)17-20-11/h5-6,8,10H,3-4,7H2,1-2H3,(H,15,19). The third-order valence-corrected chi connectivity index (χ3v) is 3.08. The van der Waals surface area contributed by atoms with E-state index in [4.69, 9.17) is 16.1 Å². The summed E-state index contributed by atoms with van der Waals surface area (Å²) in [6.45, 7) is 4.53. The number of hydrogen-bond donors (Lipinski definition) is 1. The van der Waals surface area contributed by atoms with Crippen LogP contribution in [0.15, 0.2) is 23.0 Å². The fourth-order valence-corrected chi connectivity index (χ4v) is 1.92. The molecule has 1 N–H and O–H groups in total. The first-order chi connectivity index (χ1) is 9.54. The van der Waals surface area contributed by atoms with E-state index in [0.717, 1.165) is 5.56 Å². The van der Waals surface area contributed by atoms with E-state index in [1.807, 2.05) is 24.7 Å². The van der Waals surface area contributed by atoms with Gasteiger partial charge in [0.2, 0.25) is 5.91 Å². The minimum atomic E-state index is -0.0340. The Morgan fingerprint density at radius 3 is 3.00 bits per heavy atom. The van der Waals surface area contributed by atoms with Gasteiger partial charge < -0.3 is 9.84 Å². The zero-order valence-electron chi connectivity index (χ0n) is 11.5. The van der Waals surface area contributed by atoms with Gasteiger partial charge in [0.25, 0.3) is 0 Å². The van der Waals surface area contributed by atoms with E-state index < -0.39 is 0 Å². The number of halogens is 1. The molecule has 0 fully saturated rings. The zero-order chi connectivity index (χ0) is 14.5. The van der Waals surface area contributed by atoms with Crippen LogP contribution in [-0.2, 0) is 11.2 Å². The molecule has 1 amide bonds. The topological polar surface area (TPSA) is 73.0 Å². The highest BCUT2D eigenvalue weighted by molar-refractivity contribution is 6.29. The smallest absolute Gasteiger partial charge is 0.220 e. The van der Waals surface area contributed by atoms with Crippen molar-refractivity contribution in [3.63, 3.8) is 0 Å². The Morgan fingerprint density at radius 1 is 1.60 bits per heavy atom. The maximum absolute atomic E-state index is 11.7. The van der Waals surface area contributed by atoms with Crippen molar-refractivity contribution in [2.24, 2.45) is 0 Å². The second-order valence-corrected chi connectivity index (χ2v) is 5.15. The molecule has 2 aromatic heterocycles. The summed E-state index contributed by atoms with van der Waals surface area (Å²) in [5.41, 5.74) is 1.10. The summed E-state index contributed by atoms with van der Waals surface area (Å²) in [7, 11) is 0. The van der Waals surface area contributed by atoms with Crippen LogP contribution in [0, 0.1) is 6.92 Å². The monoisotopic (exact) mass is 296 g/mol. The lowest BCUT2D eigenvalue weighted by molar-refractivity contribution is -0.121. The van der Waals surface area contributed by atoms with Gasteiger partial charge in [0, 0.05) is 31.6 Å².